The third kappa shape index (κ3) is 63.6. The SMILES string of the molecule is CCCCCCC/C=C\C/C=C\CCCCCCCCCCCCCCCCCCCCCCCCCCCCCC(=O)NC(CO)C(O)CCCCCCCCCCCCCCCCCCCCCCCCCC. The lowest BCUT2D eigenvalue weighted by Crippen LogP contribution is -2.45. The Morgan fingerprint density at radius 2 is 0.547 bits per heavy atom. The van der Waals surface area contributed by atoms with Crippen molar-refractivity contribution in [3.8, 4) is 0 Å². The number of hydrogen-bond acceptors (Lipinski definition) is 3. The monoisotopic (exact) mass is 1050 g/mol. The summed E-state index contributed by atoms with van der Waals surface area (Å²) < 4.78 is 0. The summed E-state index contributed by atoms with van der Waals surface area (Å²) in [5, 5.41) is 23.5. The minimum Gasteiger partial charge on any atom is -0.394 e. The first-order chi connectivity index (χ1) is 37.2. The molecule has 2 unspecified atom stereocenters. The van der Waals surface area contributed by atoms with Crippen LogP contribution in [0.5, 0.6) is 0 Å². The Balaban J connectivity index is 3.36. The van der Waals surface area contributed by atoms with Crippen LogP contribution in [0.3, 0.4) is 0 Å². The van der Waals surface area contributed by atoms with Crippen molar-refractivity contribution < 1.29 is 15.0 Å². The van der Waals surface area contributed by atoms with E-state index < -0.39 is 12.1 Å². The molecule has 4 nitrogen and oxygen atoms in total. The number of aliphatic hydroxyl groups excluding tert-OH is 2. The first-order valence-electron chi connectivity index (χ1n) is 35.0. The molecule has 0 aromatic carbocycles. The molecule has 446 valence electrons. The van der Waals surface area contributed by atoms with Gasteiger partial charge in [-0.3, -0.25) is 4.79 Å². The summed E-state index contributed by atoms with van der Waals surface area (Å²) in [6, 6.07) is -0.534. The summed E-state index contributed by atoms with van der Waals surface area (Å²) in [7, 11) is 0. The third-order valence-electron chi connectivity index (χ3n) is 16.7. The molecule has 1 amide bonds. The lowest BCUT2D eigenvalue weighted by atomic mass is 10.0. The van der Waals surface area contributed by atoms with Crippen LogP contribution in [0.4, 0.5) is 0 Å². The molecule has 3 N–H and O–H groups in total. The van der Waals surface area contributed by atoms with Crippen LogP contribution in [0.15, 0.2) is 24.3 Å². The molecule has 0 saturated heterocycles. The number of amides is 1. The smallest absolute Gasteiger partial charge is 0.220 e. The molecular weight excluding hydrogens is 915 g/mol. The van der Waals surface area contributed by atoms with Crippen LogP contribution in [-0.2, 0) is 4.79 Å². The van der Waals surface area contributed by atoms with Crippen LogP contribution in [0.25, 0.3) is 0 Å². The zero-order valence-corrected chi connectivity index (χ0v) is 51.6. The van der Waals surface area contributed by atoms with Crippen molar-refractivity contribution in [1.29, 1.82) is 0 Å². The van der Waals surface area contributed by atoms with Crippen molar-refractivity contribution in [3.05, 3.63) is 24.3 Å². The number of unbranched alkanes of at least 4 members (excludes halogenated alkanes) is 55. The van der Waals surface area contributed by atoms with Gasteiger partial charge in [-0.05, 0) is 44.9 Å². The van der Waals surface area contributed by atoms with Crippen LogP contribution >= 0.6 is 0 Å². The Labute approximate surface area is 472 Å². The number of allylic oxidation sites excluding steroid dienone is 4. The number of nitrogens with one attached hydrogen (secondary N) is 1. The molecule has 0 radical (unpaired) electrons. The minimum atomic E-state index is -0.658. The molecule has 0 aliphatic heterocycles. The van der Waals surface area contributed by atoms with Gasteiger partial charge >= 0.3 is 0 Å². The molecule has 0 bridgehead atoms. The minimum absolute atomic E-state index is 0.0211. The Morgan fingerprint density at radius 3 is 0.800 bits per heavy atom. The standard InChI is InChI=1S/C71H139NO3/c1-3-5-7-9-11-13-15-17-19-21-23-25-27-29-30-31-32-33-34-35-36-37-38-39-40-41-42-43-45-47-49-51-53-55-57-59-61-63-65-67-71(75)72-69(68-73)70(74)66-64-62-60-58-56-54-52-50-48-46-44-28-26-24-22-20-18-16-14-12-10-8-6-4-2/h15,17,21,23,69-70,73-74H,3-14,16,18-20,22,24-68H2,1-2H3,(H,72,75)/b17-15-,23-21-. The molecule has 0 fully saturated rings. The first kappa shape index (κ1) is 73.9. The fraction of sp³-hybridized carbons (Fsp3) is 0.930. The molecule has 2 atom stereocenters. The van der Waals surface area contributed by atoms with E-state index in [-0.39, 0.29) is 12.5 Å². The number of aliphatic hydroxyl groups is 2. The zero-order chi connectivity index (χ0) is 54.1. The van der Waals surface area contributed by atoms with Gasteiger partial charge in [-0.15, -0.1) is 0 Å². The molecule has 0 spiro atoms. The van der Waals surface area contributed by atoms with Gasteiger partial charge in [-0.2, -0.15) is 0 Å². The van der Waals surface area contributed by atoms with Gasteiger partial charge in [0.15, 0.2) is 0 Å². The molecule has 0 rings (SSSR count). The second-order valence-corrected chi connectivity index (χ2v) is 24.3. The van der Waals surface area contributed by atoms with E-state index in [1.54, 1.807) is 0 Å². The lowest BCUT2D eigenvalue weighted by Gasteiger charge is -2.22. The van der Waals surface area contributed by atoms with Crippen LogP contribution in [0.1, 0.15) is 406 Å². The van der Waals surface area contributed by atoms with E-state index in [2.05, 4.69) is 43.5 Å². The van der Waals surface area contributed by atoms with Crippen molar-refractivity contribution >= 4 is 5.91 Å². The average molecular weight is 1050 g/mol. The van der Waals surface area contributed by atoms with E-state index >= 15 is 0 Å². The Kier molecular flexibility index (Phi) is 66.1. The fourth-order valence-corrected chi connectivity index (χ4v) is 11.4. The van der Waals surface area contributed by atoms with Gasteiger partial charge in [0.1, 0.15) is 0 Å². The number of carbonyl (C=O) groups excluding carboxylic acids is 1. The van der Waals surface area contributed by atoms with Gasteiger partial charge in [-0.25, -0.2) is 0 Å². The second kappa shape index (κ2) is 67.1. The molecule has 0 aromatic heterocycles. The van der Waals surface area contributed by atoms with Gasteiger partial charge in [0.05, 0.1) is 18.8 Å². The summed E-state index contributed by atoms with van der Waals surface area (Å²) >= 11 is 0. The molecule has 0 aromatic rings. The van der Waals surface area contributed by atoms with Crippen LogP contribution < -0.4 is 5.32 Å². The maximum Gasteiger partial charge on any atom is 0.220 e. The van der Waals surface area contributed by atoms with Gasteiger partial charge in [0.2, 0.25) is 5.91 Å². The topological polar surface area (TPSA) is 69.6 Å². The highest BCUT2D eigenvalue weighted by Crippen LogP contribution is 2.19. The van der Waals surface area contributed by atoms with Crippen molar-refractivity contribution in [2.75, 3.05) is 6.61 Å². The molecule has 4 heteroatoms. The van der Waals surface area contributed by atoms with Crippen LogP contribution in [-0.4, -0.2) is 34.9 Å². The van der Waals surface area contributed by atoms with E-state index in [1.165, 1.54) is 347 Å². The van der Waals surface area contributed by atoms with E-state index in [9.17, 15) is 15.0 Å². The Bertz CT molecular complexity index is 1100. The maximum atomic E-state index is 12.6. The Morgan fingerprint density at radius 1 is 0.320 bits per heavy atom. The fourth-order valence-electron chi connectivity index (χ4n) is 11.4. The van der Waals surface area contributed by atoms with Crippen molar-refractivity contribution in [2.45, 2.75) is 418 Å². The number of rotatable bonds is 66. The quantitative estimate of drug-likeness (QED) is 0.0420. The normalized spacial score (nSPS) is 12.7. The summed E-state index contributed by atoms with van der Waals surface area (Å²) in [4.78, 5) is 12.6. The number of carbonyl (C=O) groups is 1. The van der Waals surface area contributed by atoms with Crippen LogP contribution in [0.2, 0.25) is 0 Å². The lowest BCUT2D eigenvalue weighted by molar-refractivity contribution is -0.123. The molecule has 0 saturated carbocycles. The van der Waals surface area contributed by atoms with Crippen molar-refractivity contribution in [1.82, 2.24) is 5.32 Å². The van der Waals surface area contributed by atoms with Gasteiger partial charge < -0.3 is 15.5 Å². The van der Waals surface area contributed by atoms with E-state index in [1.807, 2.05) is 0 Å². The predicted octanol–water partition coefficient (Wildman–Crippen LogP) is 23.8. The van der Waals surface area contributed by atoms with Crippen LogP contribution in [0, 0.1) is 0 Å². The van der Waals surface area contributed by atoms with Gasteiger partial charge in [-0.1, -0.05) is 378 Å². The predicted molar refractivity (Wildman–Crippen MR) is 336 cm³/mol. The summed E-state index contributed by atoms with van der Waals surface area (Å²) in [5.41, 5.74) is 0. The van der Waals surface area contributed by atoms with Crippen molar-refractivity contribution in [3.63, 3.8) is 0 Å². The largest absolute Gasteiger partial charge is 0.394 e. The highest BCUT2D eigenvalue weighted by molar-refractivity contribution is 5.76. The molecule has 75 heavy (non-hydrogen) atoms. The molecule has 0 aliphatic rings. The molecular formula is C71H139NO3. The van der Waals surface area contributed by atoms with Gasteiger partial charge in [0.25, 0.3) is 0 Å². The summed E-state index contributed by atoms with van der Waals surface area (Å²) in [5.74, 6) is -0.0211. The highest BCUT2D eigenvalue weighted by atomic mass is 16.3. The van der Waals surface area contributed by atoms with E-state index in [4.69, 9.17) is 0 Å². The average Bonchev–Trinajstić information content (AvgIpc) is 3.41. The summed E-state index contributed by atoms with van der Waals surface area (Å²) in [6.07, 6.45) is 91.0. The van der Waals surface area contributed by atoms with E-state index in [0.29, 0.717) is 12.8 Å². The Hall–Kier alpha value is -1.13. The molecule has 0 heterocycles. The zero-order valence-electron chi connectivity index (χ0n) is 51.6. The highest BCUT2D eigenvalue weighted by Gasteiger charge is 2.20. The first-order valence-corrected chi connectivity index (χ1v) is 35.0. The van der Waals surface area contributed by atoms with Gasteiger partial charge in [0, 0.05) is 6.42 Å². The molecule has 0 aliphatic carbocycles. The maximum absolute atomic E-state index is 12.6. The van der Waals surface area contributed by atoms with E-state index in [0.717, 1.165) is 32.1 Å². The number of hydrogen-bond donors (Lipinski definition) is 3. The second-order valence-electron chi connectivity index (χ2n) is 24.3. The van der Waals surface area contributed by atoms with Crippen molar-refractivity contribution in [2.24, 2.45) is 0 Å². The third-order valence-corrected chi connectivity index (χ3v) is 16.7. The summed E-state index contributed by atoms with van der Waals surface area (Å²) in [6.45, 7) is 4.40.